The number of aliphatic hydroxyl groups excluding tert-OH is 1. The lowest BCUT2D eigenvalue weighted by Gasteiger charge is -2.12. The Morgan fingerprint density at radius 3 is 2.88 bits per heavy atom. The molecule has 1 atom stereocenters. The summed E-state index contributed by atoms with van der Waals surface area (Å²) < 4.78 is 6.64. The predicted octanol–water partition coefficient (Wildman–Crippen LogP) is 2.23. The first-order valence-corrected chi connectivity index (χ1v) is 6.28. The molecule has 4 heteroatoms. The highest BCUT2D eigenvalue weighted by Crippen LogP contribution is 2.32. The SMILES string of the molecule is NC(CO)c1ccc(Br)c(OCC2CC2)c1. The molecule has 3 N–H and O–H groups in total. The van der Waals surface area contributed by atoms with Gasteiger partial charge in [-0.1, -0.05) is 6.07 Å². The van der Waals surface area contributed by atoms with Gasteiger partial charge < -0.3 is 15.6 Å². The Morgan fingerprint density at radius 1 is 1.50 bits per heavy atom. The van der Waals surface area contributed by atoms with Crippen LogP contribution in [0.15, 0.2) is 22.7 Å². The van der Waals surface area contributed by atoms with Crippen molar-refractivity contribution in [3.05, 3.63) is 28.2 Å². The van der Waals surface area contributed by atoms with Gasteiger partial charge in [0.1, 0.15) is 5.75 Å². The number of hydrogen-bond donors (Lipinski definition) is 2. The van der Waals surface area contributed by atoms with Crippen molar-refractivity contribution in [2.45, 2.75) is 18.9 Å². The molecule has 2 rings (SSSR count). The van der Waals surface area contributed by atoms with Crippen LogP contribution in [0, 0.1) is 5.92 Å². The molecule has 0 spiro atoms. The highest BCUT2D eigenvalue weighted by atomic mass is 79.9. The van der Waals surface area contributed by atoms with E-state index in [-0.39, 0.29) is 12.6 Å². The van der Waals surface area contributed by atoms with E-state index in [0.29, 0.717) is 0 Å². The number of hydrogen-bond acceptors (Lipinski definition) is 3. The third-order valence-electron chi connectivity index (χ3n) is 2.75. The van der Waals surface area contributed by atoms with Crippen molar-refractivity contribution in [2.75, 3.05) is 13.2 Å². The minimum atomic E-state index is -0.337. The molecule has 1 aliphatic rings. The number of nitrogens with two attached hydrogens (primary N) is 1. The van der Waals surface area contributed by atoms with E-state index in [1.807, 2.05) is 18.2 Å². The fraction of sp³-hybridized carbons (Fsp3) is 0.500. The molecular formula is C12H16BrNO2. The average molecular weight is 286 g/mol. The van der Waals surface area contributed by atoms with E-state index in [2.05, 4.69) is 15.9 Å². The molecule has 1 saturated carbocycles. The number of halogens is 1. The Kier molecular flexibility index (Phi) is 3.84. The van der Waals surface area contributed by atoms with Crippen LogP contribution in [0.25, 0.3) is 0 Å². The van der Waals surface area contributed by atoms with E-state index in [9.17, 15) is 0 Å². The Morgan fingerprint density at radius 2 is 2.25 bits per heavy atom. The van der Waals surface area contributed by atoms with Crippen molar-refractivity contribution in [3.8, 4) is 5.75 Å². The summed E-state index contributed by atoms with van der Waals surface area (Å²) in [5.74, 6) is 1.54. The van der Waals surface area contributed by atoms with Crippen molar-refractivity contribution in [3.63, 3.8) is 0 Å². The minimum absolute atomic E-state index is 0.0519. The quantitative estimate of drug-likeness (QED) is 0.872. The summed E-state index contributed by atoms with van der Waals surface area (Å²) in [6, 6.07) is 5.37. The van der Waals surface area contributed by atoms with E-state index >= 15 is 0 Å². The van der Waals surface area contributed by atoms with Crippen LogP contribution >= 0.6 is 15.9 Å². The van der Waals surface area contributed by atoms with Crippen LogP contribution < -0.4 is 10.5 Å². The van der Waals surface area contributed by atoms with Gasteiger partial charge >= 0.3 is 0 Å². The average Bonchev–Trinajstić information content (AvgIpc) is 3.11. The van der Waals surface area contributed by atoms with Crippen LogP contribution in [-0.4, -0.2) is 18.3 Å². The fourth-order valence-corrected chi connectivity index (χ4v) is 1.82. The first kappa shape index (κ1) is 11.9. The first-order valence-electron chi connectivity index (χ1n) is 5.49. The largest absolute Gasteiger partial charge is 0.492 e. The van der Waals surface area contributed by atoms with E-state index in [1.165, 1.54) is 12.8 Å². The maximum atomic E-state index is 9.00. The number of aliphatic hydroxyl groups is 1. The van der Waals surface area contributed by atoms with Crippen LogP contribution in [-0.2, 0) is 0 Å². The number of benzene rings is 1. The molecule has 0 aliphatic heterocycles. The molecule has 1 unspecified atom stereocenters. The van der Waals surface area contributed by atoms with Crippen LogP contribution in [0.5, 0.6) is 5.75 Å². The molecule has 1 aromatic rings. The smallest absolute Gasteiger partial charge is 0.133 e. The molecule has 0 saturated heterocycles. The second-order valence-corrected chi connectivity index (χ2v) is 5.09. The number of rotatable bonds is 5. The summed E-state index contributed by atoms with van der Waals surface area (Å²) in [5, 5.41) is 9.00. The topological polar surface area (TPSA) is 55.5 Å². The highest BCUT2D eigenvalue weighted by molar-refractivity contribution is 9.10. The Labute approximate surface area is 104 Å². The highest BCUT2D eigenvalue weighted by Gasteiger charge is 2.22. The Balaban J connectivity index is 2.07. The molecular weight excluding hydrogens is 270 g/mol. The van der Waals surface area contributed by atoms with Crippen molar-refractivity contribution in [1.82, 2.24) is 0 Å². The number of ether oxygens (including phenoxy) is 1. The molecule has 1 aliphatic carbocycles. The van der Waals surface area contributed by atoms with Crippen LogP contribution in [0.3, 0.4) is 0 Å². The molecule has 0 aromatic heterocycles. The van der Waals surface area contributed by atoms with Crippen LogP contribution in [0.1, 0.15) is 24.4 Å². The van der Waals surface area contributed by atoms with E-state index in [1.54, 1.807) is 0 Å². The van der Waals surface area contributed by atoms with Gasteiger partial charge in [0.05, 0.1) is 23.7 Å². The lowest BCUT2D eigenvalue weighted by Crippen LogP contribution is -2.14. The molecule has 88 valence electrons. The van der Waals surface area contributed by atoms with Gasteiger partial charge in [-0.15, -0.1) is 0 Å². The lowest BCUT2D eigenvalue weighted by atomic mass is 10.1. The maximum absolute atomic E-state index is 9.00. The van der Waals surface area contributed by atoms with Crippen molar-refractivity contribution >= 4 is 15.9 Å². The summed E-state index contributed by atoms with van der Waals surface area (Å²) in [7, 11) is 0. The van der Waals surface area contributed by atoms with Gasteiger partial charge in [-0.05, 0) is 52.4 Å². The van der Waals surface area contributed by atoms with Gasteiger partial charge in [-0.3, -0.25) is 0 Å². The molecule has 0 heterocycles. The second kappa shape index (κ2) is 5.17. The van der Waals surface area contributed by atoms with Crippen molar-refractivity contribution < 1.29 is 9.84 Å². The standard InChI is InChI=1S/C12H16BrNO2/c13-10-4-3-9(11(14)6-15)5-12(10)16-7-8-1-2-8/h3-5,8,11,15H,1-2,6-7,14H2. The summed E-state index contributed by atoms with van der Waals surface area (Å²) in [5.41, 5.74) is 6.66. The zero-order valence-electron chi connectivity index (χ0n) is 9.03. The van der Waals surface area contributed by atoms with Gasteiger partial charge in [0.25, 0.3) is 0 Å². The fourth-order valence-electron chi connectivity index (χ4n) is 1.46. The van der Waals surface area contributed by atoms with Crippen molar-refractivity contribution in [1.29, 1.82) is 0 Å². The summed E-state index contributed by atoms with van der Waals surface area (Å²) in [4.78, 5) is 0. The van der Waals surface area contributed by atoms with Gasteiger partial charge in [0.15, 0.2) is 0 Å². The van der Waals surface area contributed by atoms with Crippen LogP contribution in [0.4, 0.5) is 0 Å². The zero-order chi connectivity index (χ0) is 11.5. The molecule has 0 amide bonds. The van der Waals surface area contributed by atoms with E-state index in [0.717, 1.165) is 28.3 Å². The van der Waals surface area contributed by atoms with Gasteiger partial charge in [-0.25, -0.2) is 0 Å². The van der Waals surface area contributed by atoms with Crippen LogP contribution in [0.2, 0.25) is 0 Å². The Hall–Kier alpha value is -0.580. The summed E-state index contributed by atoms with van der Waals surface area (Å²) in [6.07, 6.45) is 2.54. The normalized spacial score (nSPS) is 17.2. The summed E-state index contributed by atoms with van der Waals surface area (Å²) >= 11 is 3.44. The lowest BCUT2D eigenvalue weighted by molar-refractivity contribution is 0.266. The summed E-state index contributed by atoms with van der Waals surface area (Å²) in [6.45, 7) is 0.722. The predicted molar refractivity (Wildman–Crippen MR) is 66.4 cm³/mol. The molecule has 0 bridgehead atoms. The molecule has 0 radical (unpaired) electrons. The third-order valence-corrected chi connectivity index (χ3v) is 3.41. The maximum Gasteiger partial charge on any atom is 0.133 e. The van der Waals surface area contributed by atoms with E-state index in [4.69, 9.17) is 15.6 Å². The molecule has 1 aromatic carbocycles. The molecule has 1 fully saturated rings. The third kappa shape index (κ3) is 2.97. The van der Waals surface area contributed by atoms with E-state index < -0.39 is 0 Å². The second-order valence-electron chi connectivity index (χ2n) is 4.23. The van der Waals surface area contributed by atoms with Crippen molar-refractivity contribution in [2.24, 2.45) is 11.7 Å². The Bertz CT molecular complexity index is 366. The zero-order valence-corrected chi connectivity index (χ0v) is 10.6. The molecule has 3 nitrogen and oxygen atoms in total. The molecule has 16 heavy (non-hydrogen) atoms. The van der Waals surface area contributed by atoms with Gasteiger partial charge in [-0.2, -0.15) is 0 Å². The monoisotopic (exact) mass is 285 g/mol. The van der Waals surface area contributed by atoms with Gasteiger partial charge in [0.2, 0.25) is 0 Å². The minimum Gasteiger partial charge on any atom is -0.492 e. The first-order chi connectivity index (χ1) is 7.70. The van der Waals surface area contributed by atoms with Gasteiger partial charge in [0, 0.05) is 0 Å².